The summed E-state index contributed by atoms with van der Waals surface area (Å²) in [4.78, 5) is 18.2. The largest absolute Gasteiger partial charge is 0.493 e. The first kappa shape index (κ1) is 17.7. The number of aryl methyl sites for hydroxylation is 3. The number of nitrogens with zero attached hydrogens (tertiary/aromatic N) is 1. The third-order valence-corrected chi connectivity index (χ3v) is 5.61. The minimum absolute atomic E-state index is 0.0444. The first-order valence-corrected chi connectivity index (χ1v) is 9.46. The standard InChI is InChI=1S/C19H24N2O3S/c1-23-15-8-7-13(11-16(15)24-2)12-20-18(22)9-10-19-21-14-5-3-4-6-17(14)25-19/h7-8,11H,3-6,9-10,12H2,1-2H3,(H,20,22). The summed E-state index contributed by atoms with van der Waals surface area (Å²) in [5.74, 6) is 1.40. The molecule has 0 radical (unpaired) electrons. The number of aromatic nitrogens is 1. The van der Waals surface area contributed by atoms with Crippen LogP contribution in [0.2, 0.25) is 0 Å². The number of nitrogens with one attached hydrogen (secondary N) is 1. The van der Waals surface area contributed by atoms with Gasteiger partial charge in [0.15, 0.2) is 11.5 Å². The highest BCUT2D eigenvalue weighted by Crippen LogP contribution is 2.28. The van der Waals surface area contributed by atoms with Gasteiger partial charge in [0.25, 0.3) is 0 Å². The van der Waals surface area contributed by atoms with Crippen LogP contribution < -0.4 is 14.8 Å². The molecule has 0 unspecified atom stereocenters. The SMILES string of the molecule is COc1ccc(CNC(=O)CCc2nc3c(s2)CCCC3)cc1OC. The number of ether oxygens (including phenoxy) is 2. The Labute approximate surface area is 152 Å². The van der Waals surface area contributed by atoms with Gasteiger partial charge in [-0.1, -0.05) is 6.07 Å². The molecule has 0 fully saturated rings. The highest BCUT2D eigenvalue weighted by Gasteiger charge is 2.15. The summed E-state index contributed by atoms with van der Waals surface area (Å²) in [6.07, 6.45) is 5.94. The Balaban J connectivity index is 1.49. The van der Waals surface area contributed by atoms with Crippen molar-refractivity contribution in [2.45, 2.75) is 45.1 Å². The molecule has 0 spiro atoms. The number of carbonyl (C=O) groups is 1. The molecular formula is C19H24N2O3S. The van der Waals surface area contributed by atoms with Crippen molar-refractivity contribution >= 4 is 17.2 Å². The Hall–Kier alpha value is -2.08. The van der Waals surface area contributed by atoms with Crippen LogP contribution in [-0.4, -0.2) is 25.1 Å². The van der Waals surface area contributed by atoms with Crippen LogP contribution in [0.4, 0.5) is 0 Å². The normalized spacial score (nSPS) is 13.2. The molecule has 1 N–H and O–H groups in total. The summed E-state index contributed by atoms with van der Waals surface area (Å²) in [6.45, 7) is 0.480. The second-order valence-corrected chi connectivity index (χ2v) is 7.32. The minimum Gasteiger partial charge on any atom is -0.493 e. The quantitative estimate of drug-likeness (QED) is 0.823. The molecule has 6 heteroatoms. The van der Waals surface area contributed by atoms with E-state index in [1.165, 1.54) is 23.4 Å². The molecule has 0 atom stereocenters. The van der Waals surface area contributed by atoms with Crippen molar-refractivity contribution in [2.75, 3.05) is 14.2 Å². The molecular weight excluding hydrogens is 336 g/mol. The van der Waals surface area contributed by atoms with E-state index in [9.17, 15) is 4.79 Å². The summed E-state index contributed by atoms with van der Waals surface area (Å²) in [6, 6.07) is 5.66. The van der Waals surface area contributed by atoms with E-state index in [0.717, 1.165) is 29.8 Å². The lowest BCUT2D eigenvalue weighted by molar-refractivity contribution is -0.121. The smallest absolute Gasteiger partial charge is 0.220 e. The first-order valence-electron chi connectivity index (χ1n) is 8.64. The maximum Gasteiger partial charge on any atom is 0.220 e. The van der Waals surface area contributed by atoms with Crippen LogP contribution in [0.5, 0.6) is 11.5 Å². The van der Waals surface area contributed by atoms with Gasteiger partial charge in [-0.15, -0.1) is 11.3 Å². The van der Waals surface area contributed by atoms with Gasteiger partial charge in [-0.25, -0.2) is 4.98 Å². The van der Waals surface area contributed by atoms with Crippen LogP contribution >= 0.6 is 11.3 Å². The van der Waals surface area contributed by atoms with Gasteiger partial charge < -0.3 is 14.8 Å². The molecule has 5 nitrogen and oxygen atoms in total. The number of benzene rings is 1. The third-order valence-electron chi connectivity index (χ3n) is 4.39. The lowest BCUT2D eigenvalue weighted by Crippen LogP contribution is -2.23. The highest BCUT2D eigenvalue weighted by molar-refractivity contribution is 7.11. The summed E-state index contributed by atoms with van der Waals surface area (Å²) in [7, 11) is 3.21. The number of carbonyl (C=O) groups excluding carboxylic acids is 1. The van der Waals surface area contributed by atoms with Crippen molar-refractivity contribution in [1.29, 1.82) is 0 Å². The Morgan fingerprint density at radius 3 is 2.76 bits per heavy atom. The number of amides is 1. The number of thiazole rings is 1. The summed E-state index contributed by atoms with van der Waals surface area (Å²) >= 11 is 1.78. The van der Waals surface area contributed by atoms with Gasteiger partial charge >= 0.3 is 0 Å². The Morgan fingerprint density at radius 1 is 1.20 bits per heavy atom. The van der Waals surface area contributed by atoms with E-state index in [4.69, 9.17) is 14.5 Å². The number of hydrogen-bond acceptors (Lipinski definition) is 5. The van der Waals surface area contributed by atoms with Crippen molar-refractivity contribution in [2.24, 2.45) is 0 Å². The Bertz CT molecular complexity index is 719. The molecule has 0 aliphatic heterocycles. The molecule has 0 saturated heterocycles. The zero-order valence-corrected chi connectivity index (χ0v) is 15.6. The van der Waals surface area contributed by atoms with Gasteiger partial charge in [-0.2, -0.15) is 0 Å². The van der Waals surface area contributed by atoms with Gasteiger partial charge in [0.2, 0.25) is 5.91 Å². The molecule has 1 heterocycles. The number of hydrogen-bond donors (Lipinski definition) is 1. The van der Waals surface area contributed by atoms with E-state index >= 15 is 0 Å². The number of methoxy groups -OCH3 is 2. The van der Waals surface area contributed by atoms with Crippen molar-refractivity contribution in [3.05, 3.63) is 39.3 Å². The number of fused-ring (bicyclic) bond motifs is 1. The molecule has 3 rings (SSSR count). The van der Waals surface area contributed by atoms with Crippen LogP contribution in [0.1, 0.15) is 40.4 Å². The fourth-order valence-corrected chi connectivity index (χ4v) is 4.17. The van der Waals surface area contributed by atoms with Crippen molar-refractivity contribution in [1.82, 2.24) is 10.3 Å². The molecule has 1 aromatic carbocycles. The average Bonchev–Trinajstić information content (AvgIpc) is 3.07. The van der Waals surface area contributed by atoms with Crippen molar-refractivity contribution in [3.63, 3.8) is 0 Å². The molecule has 1 amide bonds. The van der Waals surface area contributed by atoms with E-state index < -0.39 is 0 Å². The molecule has 1 aromatic heterocycles. The summed E-state index contributed by atoms with van der Waals surface area (Å²) in [5.41, 5.74) is 2.24. The molecule has 2 aromatic rings. The molecule has 0 bridgehead atoms. The highest BCUT2D eigenvalue weighted by atomic mass is 32.1. The first-order chi connectivity index (χ1) is 12.2. The van der Waals surface area contributed by atoms with Crippen molar-refractivity contribution < 1.29 is 14.3 Å². The topological polar surface area (TPSA) is 60.5 Å². The van der Waals surface area contributed by atoms with Crippen LogP contribution in [0.25, 0.3) is 0 Å². The van der Waals surface area contributed by atoms with E-state index in [1.807, 2.05) is 18.2 Å². The average molecular weight is 360 g/mol. The second kappa shape index (κ2) is 8.34. The minimum atomic E-state index is 0.0444. The lowest BCUT2D eigenvalue weighted by Gasteiger charge is -2.10. The zero-order valence-electron chi connectivity index (χ0n) is 14.8. The fraction of sp³-hybridized carbons (Fsp3) is 0.474. The monoisotopic (exact) mass is 360 g/mol. The number of rotatable bonds is 7. The van der Waals surface area contributed by atoms with Crippen LogP contribution in [-0.2, 0) is 30.6 Å². The Kier molecular flexibility index (Phi) is 5.91. The zero-order chi connectivity index (χ0) is 17.6. The second-order valence-electron chi connectivity index (χ2n) is 6.15. The van der Waals surface area contributed by atoms with Crippen molar-refractivity contribution in [3.8, 4) is 11.5 Å². The van der Waals surface area contributed by atoms with Gasteiger partial charge in [-0.05, 0) is 43.4 Å². The third kappa shape index (κ3) is 4.51. The van der Waals surface area contributed by atoms with Gasteiger partial charge in [0.05, 0.1) is 24.9 Å². The van der Waals surface area contributed by atoms with Gasteiger partial charge in [0, 0.05) is 24.3 Å². The van der Waals surface area contributed by atoms with Gasteiger partial charge in [-0.3, -0.25) is 4.79 Å². The Morgan fingerprint density at radius 2 is 2.00 bits per heavy atom. The molecule has 1 aliphatic rings. The predicted molar refractivity (Wildman–Crippen MR) is 98.5 cm³/mol. The van der Waals surface area contributed by atoms with Crippen LogP contribution in [0.3, 0.4) is 0 Å². The van der Waals surface area contributed by atoms with E-state index in [1.54, 1.807) is 25.6 Å². The van der Waals surface area contributed by atoms with Crippen LogP contribution in [0, 0.1) is 0 Å². The molecule has 0 saturated carbocycles. The molecule has 134 valence electrons. The fourth-order valence-electron chi connectivity index (χ4n) is 3.01. The summed E-state index contributed by atoms with van der Waals surface area (Å²) < 4.78 is 10.5. The molecule has 1 aliphatic carbocycles. The predicted octanol–water partition coefficient (Wildman–Crippen LogP) is 3.29. The summed E-state index contributed by atoms with van der Waals surface area (Å²) in [5, 5.41) is 4.05. The van der Waals surface area contributed by atoms with Crippen LogP contribution in [0.15, 0.2) is 18.2 Å². The van der Waals surface area contributed by atoms with E-state index in [0.29, 0.717) is 24.5 Å². The van der Waals surface area contributed by atoms with E-state index in [-0.39, 0.29) is 5.91 Å². The maximum atomic E-state index is 12.1. The van der Waals surface area contributed by atoms with Gasteiger partial charge in [0.1, 0.15) is 0 Å². The lowest BCUT2D eigenvalue weighted by atomic mass is 10.0. The maximum absolute atomic E-state index is 12.1. The molecule has 25 heavy (non-hydrogen) atoms. The van der Waals surface area contributed by atoms with E-state index in [2.05, 4.69) is 5.32 Å².